The minimum absolute atomic E-state index is 0.0554. The van der Waals surface area contributed by atoms with Crippen molar-refractivity contribution in [3.63, 3.8) is 0 Å². The first-order valence-electron chi connectivity index (χ1n) is 25.5. The number of esters is 1. The number of aromatic nitrogens is 2. The summed E-state index contributed by atoms with van der Waals surface area (Å²) >= 11 is 0. The number of anilines is 2. The summed E-state index contributed by atoms with van der Waals surface area (Å²) in [4.78, 5) is 80.3. The zero-order chi connectivity index (χ0) is 50.8. The maximum Gasteiger partial charge on any atom is 0.329 e. The minimum atomic E-state index is -1.96. The van der Waals surface area contributed by atoms with Gasteiger partial charge in [-0.3, -0.25) is 19.3 Å². The fourth-order valence-corrected chi connectivity index (χ4v) is 11.8. The quantitative estimate of drug-likeness (QED) is 0.101. The average molecular weight is 988 g/mol. The standard InChI is InChI=1S/C60H57N7O7/c1-40(43-17-8-3-9-18-43)63-59(72)66-49-30-25-42(24-23-41-15-6-2-7-16-41)39-48(49)60(57(66)71)50(55(69)64-33-35-65(36-34-64)58-61-31-14-32-62-58)52-56(70)74-53(45-21-12-5-13-22-45)51(44-19-10-4-11-20-44)67(52)54(60)46-26-28-47(29-27-46)73-38-37-68/h3-5,8-15,17-22,25-32,39-40,50-54,68H,2,6-7,16,33-38H2,1H3,(H,63,72). The van der Waals surface area contributed by atoms with E-state index in [9.17, 15) is 5.11 Å². The summed E-state index contributed by atoms with van der Waals surface area (Å²) in [5.74, 6) is 4.63. The molecule has 14 nitrogen and oxygen atoms in total. The third-order valence-corrected chi connectivity index (χ3v) is 15.2. The van der Waals surface area contributed by atoms with E-state index in [1.54, 1.807) is 41.6 Å². The molecule has 0 saturated carbocycles. The van der Waals surface area contributed by atoms with Crippen LogP contribution in [0.15, 0.2) is 164 Å². The Morgan fingerprint density at radius 2 is 1.49 bits per heavy atom. The number of nitrogens with zero attached hydrogens (tertiary/aromatic N) is 6. The predicted octanol–water partition coefficient (Wildman–Crippen LogP) is 8.18. The molecule has 4 amide bonds. The lowest BCUT2D eigenvalue weighted by Gasteiger charge is -2.46. The molecule has 5 aromatic carbocycles. The summed E-state index contributed by atoms with van der Waals surface area (Å²) in [7, 11) is 0. The number of aliphatic hydroxyl groups excluding tert-OH is 1. The van der Waals surface area contributed by atoms with E-state index in [1.165, 1.54) is 4.90 Å². The number of allylic oxidation sites excluding steroid dienone is 2. The van der Waals surface area contributed by atoms with Crippen LogP contribution in [0.5, 0.6) is 5.75 Å². The number of urea groups is 1. The number of nitrogens with one attached hydrogen (secondary N) is 1. The monoisotopic (exact) mass is 987 g/mol. The molecular formula is C60H57N7O7. The van der Waals surface area contributed by atoms with Crippen molar-refractivity contribution in [2.45, 2.75) is 68.3 Å². The second-order valence-electron chi connectivity index (χ2n) is 19.4. The zero-order valence-corrected chi connectivity index (χ0v) is 41.1. The van der Waals surface area contributed by atoms with Crippen LogP contribution >= 0.6 is 0 Å². The number of hydrogen-bond acceptors (Lipinski definition) is 11. The molecule has 0 radical (unpaired) electrons. The maximum absolute atomic E-state index is 16.9. The molecule has 7 atom stereocenters. The summed E-state index contributed by atoms with van der Waals surface area (Å²) in [6, 6.07) is 38.8. The van der Waals surface area contributed by atoms with E-state index in [0.29, 0.717) is 41.5 Å². The van der Waals surface area contributed by atoms with Gasteiger partial charge in [0.1, 0.15) is 29.9 Å². The van der Waals surface area contributed by atoms with Crippen LogP contribution in [0.1, 0.15) is 90.2 Å². The molecule has 1 aliphatic carbocycles. The van der Waals surface area contributed by atoms with Gasteiger partial charge in [0.05, 0.1) is 36.3 Å². The first-order chi connectivity index (χ1) is 36.3. The molecular weight excluding hydrogens is 931 g/mol. The van der Waals surface area contributed by atoms with Crippen LogP contribution in [0, 0.1) is 17.8 Å². The SMILES string of the molecule is CC(NC(=O)N1C(=O)C2(c3cc(C#CC4=CCCCC4)ccc31)C(C(=O)N1CCN(c3ncccn3)CC1)C1C(=O)OC(c3ccccc3)C(c3ccccc3)N1C2c1ccc(OCCO)cc1)c1ccccc1. The molecule has 1 spiro atoms. The van der Waals surface area contributed by atoms with E-state index in [0.717, 1.165) is 47.9 Å². The van der Waals surface area contributed by atoms with Crippen LogP contribution in [0.2, 0.25) is 0 Å². The Morgan fingerprint density at radius 3 is 2.16 bits per heavy atom. The van der Waals surface area contributed by atoms with E-state index in [-0.39, 0.29) is 32.0 Å². The van der Waals surface area contributed by atoms with Gasteiger partial charge in [0.25, 0.3) is 0 Å². The van der Waals surface area contributed by atoms with Crippen molar-refractivity contribution in [1.29, 1.82) is 0 Å². The third-order valence-electron chi connectivity index (χ3n) is 15.2. The molecule has 7 unspecified atom stereocenters. The number of morpholine rings is 1. The molecule has 4 aliphatic heterocycles. The Hall–Kier alpha value is -8.12. The summed E-state index contributed by atoms with van der Waals surface area (Å²) in [6.45, 7) is 2.97. The van der Waals surface area contributed by atoms with Gasteiger partial charge in [-0.15, -0.1) is 0 Å². The van der Waals surface area contributed by atoms with Gasteiger partial charge in [0.15, 0.2) is 0 Å². The van der Waals surface area contributed by atoms with E-state index in [1.807, 2.05) is 132 Å². The zero-order valence-electron chi connectivity index (χ0n) is 41.1. The van der Waals surface area contributed by atoms with Crippen LogP contribution < -0.4 is 19.9 Å². The molecule has 6 aromatic rings. The molecule has 11 rings (SSSR count). The first kappa shape index (κ1) is 48.2. The number of benzene rings is 5. The Bertz CT molecular complexity index is 3120. The molecule has 374 valence electrons. The number of imide groups is 1. The molecule has 5 heterocycles. The molecule has 3 fully saturated rings. The Morgan fingerprint density at radius 1 is 0.797 bits per heavy atom. The number of amides is 4. The number of cyclic esters (lactones) is 1. The molecule has 5 aliphatic rings. The van der Waals surface area contributed by atoms with Gasteiger partial charge in [-0.05, 0) is 102 Å². The Balaban J connectivity index is 1.16. The fraction of sp³-hybridized carbons (Fsp3) is 0.300. The second kappa shape index (κ2) is 20.8. The Labute approximate surface area is 430 Å². The highest BCUT2D eigenvalue weighted by Gasteiger charge is 2.76. The molecule has 1 aromatic heterocycles. The van der Waals surface area contributed by atoms with Crippen molar-refractivity contribution in [2.24, 2.45) is 5.92 Å². The van der Waals surface area contributed by atoms with Crippen molar-refractivity contribution in [2.75, 3.05) is 49.2 Å². The Kier molecular flexibility index (Phi) is 13.5. The van der Waals surface area contributed by atoms with E-state index >= 15 is 19.2 Å². The smallest absolute Gasteiger partial charge is 0.329 e. The first-order valence-corrected chi connectivity index (χ1v) is 25.5. The molecule has 0 bridgehead atoms. The normalized spacial score (nSPS) is 23.7. The van der Waals surface area contributed by atoms with Crippen LogP contribution in [0.3, 0.4) is 0 Å². The number of fused-ring (bicyclic) bond motifs is 3. The van der Waals surface area contributed by atoms with E-state index < -0.39 is 65.4 Å². The number of carbonyl (C=O) groups is 4. The van der Waals surface area contributed by atoms with Crippen molar-refractivity contribution < 1.29 is 33.8 Å². The minimum Gasteiger partial charge on any atom is -0.491 e. The average Bonchev–Trinajstić information content (AvgIpc) is 3.97. The van der Waals surface area contributed by atoms with Gasteiger partial charge in [0.2, 0.25) is 17.8 Å². The van der Waals surface area contributed by atoms with Crippen LogP contribution in [0.25, 0.3) is 0 Å². The van der Waals surface area contributed by atoms with Crippen LogP contribution in [-0.4, -0.2) is 94.1 Å². The molecule has 3 saturated heterocycles. The lowest BCUT2D eigenvalue weighted by molar-refractivity contribution is -0.179. The van der Waals surface area contributed by atoms with Crippen LogP contribution in [-0.2, 0) is 24.5 Å². The van der Waals surface area contributed by atoms with Crippen LogP contribution in [0.4, 0.5) is 16.4 Å². The summed E-state index contributed by atoms with van der Waals surface area (Å²) in [5, 5.41) is 12.8. The number of carbonyl (C=O) groups excluding carboxylic acids is 4. The predicted molar refractivity (Wildman–Crippen MR) is 279 cm³/mol. The lowest BCUT2D eigenvalue weighted by atomic mass is 9.64. The second-order valence-corrected chi connectivity index (χ2v) is 19.4. The fourth-order valence-electron chi connectivity index (χ4n) is 11.8. The highest BCUT2D eigenvalue weighted by Crippen LogP contribution is 2.66. The van der Waals surface area contributed by atoms with Crippen molar-refractivity contribution in [3.05, 3.63) is 197 Å². The summed E-state index contributed by atoms with van der Waals surface area (Å²) in [5.41, 5.74) is 3.30. The van der Waals surface area contributed by atoms with Crippen molar-refractivity contribution in [1.82, 2.24) is 25.1 Å². The number of ether oxygens (including phenoxy) is 2. The van der Waals surface area contributed by atoms with Gasteiger partial charge >= 0.3 is 12.0 Å². The maximum atomic E-state index is 16.9. The molecule has 74 heavy (non-hydrogen) atoms. The highest BCUT2D eigenvalue weighted by atomic mass is 16.6. The third kappa shape index (κ3) is 8.75. The van der Waals surface area contributed by atoms with Gasteiger partial charge in [0, 0.05) is 44.1 Å². The number of hydrogen-bond donors (Lipinski definition) is 2. The number of piperazine rings is 1. The lowest BCUT2D eigenvalue weighted by Crippen LogP contribution is -2.59. The van der Waals surface area contributed by atoms with E-state index in [2.05, 4.69) is 33.2 Å². The van der Waals surface area contributed by atoms with Gasteiger partial charge < -0.3 is 29.7 Å². The highest BCUT2D eigenvalue weighted by molar-refractivity contribution is 6.24. The van der Waals surface area contributed by atoms with E-state index in [4.69, 9.17) is 9.47 Å². The largest absolute Gasteiger partial charge is 0.491 e. The topological polar surface area (TPSA) is 158 Å². The number of rotatable bonds is 10. The van der Waals surface area contributed by atoms with Gasteiger partial charge in [-0.2, -0.15) is 0 Å². The molecule has 2 N–H and O–H groups in total. The van der Waals surface area contributed by atoms with Crippen molar-refractivity contribution in [3.8, 4) is 17.6 Å². The molecule has 14 heteroatoms. The van der Waals surface area contributed by atoms with Gasteiger partial charge in [-0.25, -0.2) is 19.7 Å². The number of aliphatic hydroxyl groups is 1. The summed E-state index contributed by atoms with van der Waals surface area (Å²) in [6.07, 6.45) is 8.58. The summed E-state index contributed by atoms with van der Waals surface area (Å²) < 4.78 is 12.6. The van der Waals surface area contributed by atoms with Gasteiger partial charge in [-0.1, -0.05) is 121 Å². The van der Waals surface area contributed by atoms with Crippen molar-refractivity contribution >= 4 is 35.5 Å².